The summed E-state index contributed by atoms with van der Waals surface area (Å²) in [5.41, 5.74) is 0.806. The molecule has 1 atom stereocenters. The summed E-state index contributed by atoms with van der Waals surface area (Å²) in [6, 6.07) is 6.83. The normalized spacial score (nSPS) is 13.2. The summed E-state index contributed by atoms with van der Waals surface area (Å²) in [6.07, 6.45) is -0.510. The number of aliphatic hydroxyl groups is 1. The Hall–Kier alpha value is -2.28. The first-order chi connectivity index (χ1) is 11.7. The Morgan fingerprint density at radius 2 is 1.96 bits per heavy atom. The minimum absolute atomic E-state index is 0.112. The summed E-state index contributed by atoms with van der Waals surface area (Å²) >= 11 is 0. The maximum atomic E-state index is 11.9. The van der Waals surface area contributed by atoms with Crippen LogP contribution in [-0.4, -0.2) is 34.9 Å². The molecular formula is C18H27N3O4. The van der Waals surface area contributed by atoms with Crippen LogP contribution < -0.4 is 16.4 Å². The molecule has 25 heavy (non-hydrogen) atoms. The highest BCUT2D eigenvalue weighted by atomic mass is 16.4. The van der Waals surface area contributed by atoms with Gasteiger partial charge in [0.2, 0.25) is 0 Å². The van der Waals surface area contributed by atoms with Gasteiger partial charge in [0.25, 0.3) is 0 Å². The maximum absolute atomic E-state index is 11.9. The van der Waals surface area contributed by atoms with Gasteiger partial charge in [0.05, 0.1) is 11.6 Å². The second-order valence-corrected chi connectivity index (χ2v) is 7.27. The summed E-state index contributed by atoms with van der Waals surface area (Å²) in [5.74, 6) is -0.328. The molecule has 0 fully saturated rings. The van der Waals surface area contributed by atoms with Gasteiger partial charge >= 0.3 is 11.8 Å². The van der Waals surface area contributed by atoms with Crippen molar-refractivity contribution < 1.29 is 14.3 Å². The molecule has 1 unspecified atom stereocenters. The maximum Gasteiger partial charge on any atom is 0.420 e. The molecule has 2 rings (SSSR count). The van der Waals surface area contributed by atoms with E-state index in [1.165, 1.54) is 4.57 Å². The SMILES string of the molecule is CC(C)C(O)C(C)(C)CNC(=O)NCCn1c(=O)oc2ccccc21. The van der Waals surface area contributed by atoms with Gasteiger partial charge in [0.15, 0.2) is 5.58 Å². The van der Waals surface area contributed by atoms with Crippen LogP contribution >= 0.6 is 0 Å². The summed E-state index contributed by atoms with van der Waals surface area (Å²) in [4.78, 5) is 23.8. The third-order valence-electron chi connectivity index (χ3n) is 4.33. The quantitative estimate of drug-likeness (QED) is 0.712. The van der Waals surface area contributed by atoms with Gasteiger partial charge in [-0.05, 0) is 18.1 Å². The molecule has 0 aliphatic carbocycles. The molecule has 2 aromatic rings. The molecule has 0 aliphatic rings. The van der Waals surface area contributed by atoms with E-state index in [0.29, 0.717) is 30.7 Å². The van der Waals surface area contributed by atoms with Gasteiger partial charge in [-0.2, -0.15) is 0 Å². The van der Waals surface area contributed by atoms with Crippen LogP contribution in [0.1, 0.15) is 27.7 Å². The monoisotopic (exact) mass is 349 g/mol. The van der Waals surface area contributed by atoms with E-state index in [0.717, 1.165) is 0 Å². The van der Waals surface area contributed by atoms with E-state index in [1.54, 1.807) is 18.2 Å². The minimum Gasteiger partial charge on any atom is -0.408 e. The Kier molecular flexibility index (Phi) is 5.89. The molecule has 0 aliphatic heterocycles. The van der Waals surface area contributed by atoms with Crippen molar-refractivity contribution >= 4 is 17.1 Å². The highest BCUT2D eigenvalue weighted by Gasteiger charge is 2.30. The molecule has 0 saturated carbocycles. The third kappa shape index (κ3) is 4.63. The first kappa shape index (κ1) is 19.1. The molecule has 1 aromatic heterocycles. The van der Waals surface area contributed by atoms with Gasteiger partial charge in [-0.25, -0.2) is 9.59 Å². The van der Waals surface area contributed by atoms with Crippen molar-refractivity contribution in [1.82, 2.24) is 15.2 Å². The lowest BCUT2D eigenvalue weighted by Gasteiger charge is -2.33. The number of nitrogens with zero attached hydrogens (tertiary/aromatic N) is 1. The van der Waals surface area contributed by atoms with Gasteiger partial charge in [-0.15, -0.1) is 0 Å². The number of urea groups is 1. The average Bonchev–Trinajstić information content (AvgIpc) is 2.88. The zero-order valence-electron chi connectivity index (χ0n) is 15.2. The predicted molar refractivity (Wildman–Crippen MR) is 96.5 cm³/mol. The number of carbonyl (C=O) groups is 1. The van der Waals surface area contributed by atoms with E-state index >= 15 is 0 Å². The van der Waals surface area contributed by atoms with Crippen LogP contribution in [-0.2, 0) is 6.54 Å². The van der Waals surface area contributed by atoms with Gasteiger partial charge in [0, 0.05) is 25.0 Å². The van der Waals surface area contributed by atoms with Crippen LogP contribution in [0.15, 0.2) is 33.5 Å². The fraction of sp³-hybridized carbons (Fsp3) is 0.556. The van der Waals surface area contributed by atoms with Crippen molar-refractivity contribution in [3.05, 3.63) is 34.8 Å². The number of para-hydroxylation sites is 2. The number of fused-ring (bicyclic) bond motifs is 1. The number of benzene rings is 1. The van der Waals surface area contributed by atoms with Crippen molar-refractivity contribution in [2.75, 3.05) is 13.1 Å². The lowest BCUT2D eigenvalue weighted by molar-refractivity contribution is 0.0151. The molecular weight excluding hydrogens is 322 g/mol. The van der Waals surface area contributed by atoms with Crippen LogP contribution in [0.25, 0.3) is 11.1 Å². The molecule has 2 amide bonds. The van der Waals surface area contributed by atoms with E-state index in [-0.39, 0.29) is 11.9 Å². The Morgan fingerprint density at radius 1 is 1.28 bits per heavy atom. The van der Waals surface area contributed by atoms with Crippen LogP contribution in [0.4, 0.5) is 4.79 Å². The Balaban J connectivity index is 1.84. The number of nitrogens with one attached hydrogen (secondary N) is 2. The zero-order valence-corrected chi connectivity index (χ0v) is 15.2. The van der Waals surface area contributed by atoms with E-state index in [9.17, 15) is 14.7 Å². The molecule has 1 aromatic carbocycles. The molecule has 0 saturated heterocycles. The van der Waals surface area contributed by atoms with Crippen molar-refractivity contribution in [3.8, 4) is 0 Å². The van der Waals surface area contributed by atoms with Gasteiger partial charge < -0.3 is 20.2 Å². The number of hydrogen-bond acceptors (Lipinski definition) is 4. The second-order valence-electron chi connectivity index (χ2n) is 7.27. The fourth-order valence-electron chi connectivity index (χ4n) is 2.88. The summed E-state index contributed by atoms with van der Waals surface area (Å²) in [7, 11) is 0. The fourth-order valence-corrected chi connectivity index (χ4v) is 2.88. The molecule has 3 N–H and O–H groups in total. The molecule has 7 nitrogen and oxygen atoms in total. The Labute approximate surface area is 147 Å². The molecule has 0 radical (unpaired) electrons. The Bertz CT molecular complexity index is 776. The average molecular weight is 349 g/mol. The second kappa shape index (κ2) is 7.74. The standard InChI is InChI=1S/C18H27N3O4/c1-12(2)15(22)18(3,4)11-20-16(23)19-9-10-21-13-7-5-6-8-14(13)25-17(21)24/h5-8,12,15,22H,9-11H2,1-4H3,(H2,19,20,23). The molecule has 7 heteroatoms. The van der Waals surface area contributed by atoms with Crippen molar-refractivity contribution in [2.45, 2.75) is 40.3 Å². The first-order valence-corrected chi connectivity index (χ1v) is 8.50. The van der Waals surface area contributed by atoms with E-state index in [1.807, 2.05) is 33.8 Å². The van der Waals surface area contributed by atoms with Crippen LogP contribution in [0.5, 0.6) is 0 Å². The summed E-state index contributed by atoms with van der Waals surface area (Å²) < 4.78 is 6.64. The summed E-state index contributed by atoms with van der Waals surface area (Å²) in [5, 5.41) is 15.7. The van der Waals surface area contributed by atoms with Crippen LogP contribution in [0.2, 0.25) is 0 Å². The molecule has 0 bridgehead atoms. The number of aromatic nitrogens is 1. The zero-order chi connectivity index (χ0) is 18.6. The number of aliphatic hydroxyl groups excluding tert-OH is 1. The topological polar surface area (TPSA) is 96.5 Å². The minimum atomic E-state index is -0.510. The summed E-state index contributed by atoms with van der Waals surface area (Å²) in [6.45, 7) is 8.68. The number of amides is 2. The largest absolute Gasteiger partial charge is 0.420 e. The first-order valence-electron chi connectivity index (χ1n) is 8.50. The number of oxazole rings is 1. The third-order valence-corrected chi connectivity index (χ3v) is 4.33. The van der Waals surface area contributed by atoms with E-state index in [4.69, 9.17) is 4.42 Å². The van der Waals surface area contributed by atoms with Crippen molar-refractivity contribution in [3.63, 3.8) is 0 Å². The number of rotatable bonds is 7. The molecule has 138 valence electrons. The highest BCUT2D eigenvalue weighted by molar-refractivity contribution is 5.74. The van der Waals surface area contributed by atoms with Crippen molar-refractivity contribution in [2.24, 2.45) is 11.3 Å². The van der Waals surface area contributed by atoms with E-state index in [2.05, 4.69) is 10.6 Å². The van der Waals surface area contributed by atoms with Crippen molar-refractivity contribution in [1.29, 1.82) is 0 Å². The number of carbonyl (C=O) groups excluding carboxylic acids is 1. The van der Waals surface area contributed by atoms with Gasteiger partial charge in [-0.3, -0.25) is 4.57 Å². The number of hydrogen-bond donors (Lipinski definition) is 3. The molecule has 0 spiro atoms. The van der Waals surface area contributed by atoms with Gasteiger partial charge in [0.1, 0.15) is 0 Å². The lowest BCUT2D eigenvalue weighted by Crippen LogP contribution is -2.47. The highest BCUT2D eigenvalue weighted by Crippen LogP contribution is 2.24. The smallest absolute Gasteiger partial charge is 0.408 e. The van der Waals surface area contributed by atoms with Gasteiger partial charge in [-0.1, -0.05) is 39.8 Å². The van der Waals surface area contributed by atoms with E-state index < -0.39 is 17.3 Å². The predicted octanol–water partition coefficient (Wildman–Crippen LogP) is 1.94. The van der Waals surface area contributed by atoms with Crippen LogP contribution in [0, 0.1) is 11.3 Å². The Morgan fingerprint density at radius 3 is 2.64 bits per heavy atom. The molecule has 1 heterocycles. The van der Waals surface area contributed by atoms with Crippen LogP contribution in [0.3, 0.4) is 0 Å². The lowest BCUT2D eigenvalue weighted by atomic mass is 9.81.